The Hall–Kier alpha value is -2.59. The Morgan fingerprint density at radius 3 is 2.21 bits per heavy atom. The van der Waals surface area contributed by atoms with E-state index in [2.05, 4.69) is 50.5 Å². The first-order valence-electron chi connectivity index (χ1n) is 11.5. The van der Waals surface area contributed by atoms with E-state index in [4.69, 9.17) is 16.3 Å². The average Bonchev–Trinajstić information content (AvgIpc) is 3.04. The molecular formula is C28H34ClNO3. The SMILES string of the molecule is COC(=O)C(C)(C)Cc1c(C(=O)c2ccc(Cl)cc2)c2ccc(C(C)C)cc2n1CC(C)C. The minimum absolute atomic E-state index is 0.0628. The van der Waals surface area contributed by atoms with E-state index in [-0.39, 0.29) is 11.8 Å². The van der Waals surface area contributed by atoms with Gasteiger partial charge in [0, 0.05) is 40.1 Å². The summed E-state index contributed by atoms with van der Waals surface area (Å²) in [6.07, 6.45) is 0.396. The van der Waals surface area contributed by atoms with Crippen molar-refractivity contribution in [2.75, 3.05) is 7.11 Å². The number of carbonyl (C=O) groups excluding carboxylic acids is 2. The number of halogens is 1. The summed E-state index contributed by atoms with van der Waals surface area (Å²) in [5.41, 5.74) is 3.56. The average molecular weight is 468 g/mol. The van der Waals surface area contributed by atoms with Crippen LogP contribution in [0.15, 0.2) is 42.5 Å². The fourth-order valence-corrected chi connectivity index (χ4v) is 4.43. The number of carbonyl (C=O) groups is 2. The first-order chi connectivity index (χ1) is 15.5. The molecule has 0 fully saturated rings. The lowest BCUT2D eigenvalue weighted by Gasteiger charge is -2.24. The molecule has 0 radical (unpaired) electrons. The van der Waals surface area contributed by atoms with Gasteiger partial charge < -0.3 is 9.30 Å². The predicted octanol–water partition coefficient (Wildman–Crippen LogP) is 7.05. The molecule has 0 saturated carbocycles. The quantitative estimate of drug-likeness (QED) is 0.263. The Labute approximate surface area is 201 Å². The van der Waals surface area contributed by atoms with E-state index in [9.17, 15) is 9.59 Å². The molecular weight excluding hydrogens is 434 g/mol. The van der Waals surface area contributed by atoms with Crippen LogP contribution in [-0.4, -0.2) is 23.4 Å². The molecule has 1 heterocycles. The molecule has 0 aliphatic rings. The molecule has 3 aromatic rings. The molecule has 1 aromatic heterocycles. The maximum Gasteiger partial charge on any atom is 0.311 e. The standard InChI is InChI=1S/C28H34ClNO3/c1-17(2)16-30-23-14-20(18(3)4)10-13-22(23)25(24(30)15-28(5,6)27(32)33-7)26(31)19-8-11-21(29)12-9-19/h8-14,17-18H,15-16H2,1-7H3. The van der Waals surface area contributed by atoms with E-state index < -0.39 is 5.41 Å². The molecule has 4 nitrogen and oxygen atoms in total. The first-order valence-corrected chi connectivity index (χ1v) is 11.9. The van der Waals surface area contributed by atoms with Crippen molar-refractivity contribution in [1.82, 2.24) is 4.57 Å². The molecule has 176 valence electrons. The largest absolute Gasteiger partial charge is 0.469 e. The van der Waals surface area contributed by atoms with Crippen LogP contribution in [0.25, 0.3) is 10.9 Å². The molecule has 33 heavy (non-hydrogen) atoms. The number of ketones is 1. The number of methoxy groups -OCH3 is 1. The summed E-state index contributed by atoms with van der Waals surface area (Å²) < 4.78 is 7.32. The molecule has 0 atom stereocenters. The number of hydrogen-bond acceptors (Lipinski definition) is 3. The van der Waals surface area contributed by atoms with Gasteiger partial charge in [-0.25, -0.2) is 0 Å². The Kier molecular flexibility index (Phi) is 7.38. The second-order valence-electron chi connectivity index (χ2n) is 10.1. The highest BCUT2D eigenvalue weighted by Crippen LogP contribution is 2.36. The van der Waals surface area contributed by atoms with Crippen molar-refractivity contribution in [2.24, 2.45) is 11.3 Å². The molecule has 0 N–H and O–H groups in total. The molecule has 0 spiro atoms. The van der Waals surface area contributed by atoms with E-state index in [1.165, 1.54) is 12.7 Å². The number of rotatable bonds is 8. The minimum atomic E-state index is -0.784. The molecule has 0 aliphatic heterocycles. The number of fused-ring (bicyclic) bond motifs is 1. The van der Waals surface area contributed by atoms with Crippen LogP contribution in [0.2, 0.25) is 5.02 Å². The Bertz CT molecular complexity index is 1170. The van der Waals surface area contributed by atoms with Gasteiger partial charge in [0.1, 0.15) is 0 Å². The first kappa shape index (κ1) is 25.0. The number of aromatic nitrogens is 1. The van der Waals surface area contributed by atoms with Crippen LogP contribution in [0.1, 0.15) is 74.6 Å². The maximum atomic E-state index is 13.9. The summed E-state index contributed by atoms with van der Waals surface area (Å²) >= 11 is 6.07. The summed E-state index contributed by atoms with van der Waals surface area (Å²) in [5.74, 6) is 0.368. The van der Waals surface area contributed by atoms with Crippen LogP contribution in [0, 0.1) is 11.3 Å². The Balaban J connectivity index is 2.34. The number of esters is 1. The molecule has 5 heteroatoms. The lowest BCUT2D eigenvalue weighted by atomic mass is 9.85. The second kappa shape index (κ2) is 9.72. The van der Waals surface area contributed by atoms with Crippen molar-refractivity contribution in [3.05, 3.63) is 69.9 Å². The number of hydrogen-bond donors (Lipinski definition) is 0. The minimum Gasteiger partial charge on any atom is -0.469 e. The number of nitrogens with zero attached hydrogens (tertiary/aromatic N) is 1. The lowest BCUT2D eigenvalue weighted by molar-refractivity contribution is -0.150. The molecule has 0 aliphatic carbocycles. The van der Waals surface area contributed by atoms with E-state index in [1.54, 1.807) is 24.3 Å². The fraction of sp³-hybridized carbons (Fsp3) is 0.429. The van der Waals surface area contributed by atoms with Gasteiger partial charge in [0.2, 0.25) is 0 Å². The highest BCUT2D eigenvalue weighted by molar-refractivity contribution is 6.30. The van der Waals surface area contributed by atoms with Crippen molar-refractivity contribution < 1.29 is 14.3 Å². The zero-order valence-corrected chi connectivity index (χ0v) is 21.4. The van der Waals surface area contributed by atoms with E-state index in [0.717, 1.165) is 23.1 Å². The maximum absolute atomic E-state index is 13.9. The van der Waals surface area contributed by atoms with Crippen molar-refractivity contribution >= 4 is 34.3 Å². The second-order valence-corrected chi connectivity index (χ2v) is 10.6. The van der Waals surface area contributed by atoms with Gasteiger partial charge in [-0.2, -0.15) is 0 Å². The Morgan fingerprint density at radius 2 is 1.67 bits per heavy atom. The van der Waals surface area contributed by atoms with Gasteiger partial charge in [0.05, 0.1) is 18.1 Å². The third kappa shape index (κ3) is 5.16. The van der Waals surface area contributed by atoms with E-state index in [0.29, 0.717) is 34.4 Å². The van der Waals surface area contributed by atoms with Gasteiger partial charge >= 0.3 is 5.97 Å². The molecule has 2 aromatic carbocycles. The Morgan fingerprint density at radius 1 is 1.03 bits per heavy atom. The monoisotopic (exact) mass is 467 g/mol. The van der Waals surface area contributed by atoms with Crippen LogP contribution in [0.3, 0.4) is 0 Å². The third-order valence-electron chi connectivity index (χ3n) is 6.09. The topological polar surface area (TPSA) is 48.3 Å². The molecule has 0 saturated heterocycles. The summed E-state index contributed by atoms with van der Waals surface area (Å²) in [5, 5.41) is 1.50. The van der Waals surface area contributed by atoms with Gasteiger partial charge in [0.15, 0.2) is 5.78 Å². The summed E-state index contributed by atoms with van der Waals surface area (Å²) in [6.45, 7) is 13.1. The van der Waals surface area contributed by atoms with Crippen molar-refractivity contribution in [3.8, 4) is 0 Å². The van der Waals surface area contributed by atoms with E-state index in [1.807, 2.05) is 13.8 Å². The summed E-state index contributed by atoms with van der Waals surface area (Å²) in [6, 6.07) is 13.3. The van der Waals surface area contributed by atoms with Crippen LogP contribution >= 0.6 is 11.6 Å². The predicted molar refractivity (Wildman–Crippen MR) is 135 cm³/mol. The number of benzene rings is 2. The van der Waals surface area contributed by atoms with Crippen LogP contribution < -0.4 is 0 Å². The fourth-order valence-electron chi connectivity index (χ4n) is 4.30. The lowest BCUT2D eigenvalue weighted by Crippen LogP contribution is -2.30. The zero-order valence-electron chi connectivity index (χ0n) is 20.7. The molecule has 0 bridgehead atoms. The highest BCUT2D eigenvalue weighted by atomic mass is 35.5. The highest BCUT2D eigenvalue weighted by Gasteiger charge is 2.34. The van der Waals surface area contributed by atoms with Crippen LogP contribution in [0.5, 0.6) is 0 Å². The summed E-state index contributed by atoms with van der Waals surface area (Å²) in [7, 11) is 1.41. The zero-order chi connectivity index (χ0) is 24.5. The molecule has 0 amide bonds. The van der Waals surface area contributed by atoms with Crippen molar-refractivity contribution in [2.45, 2.75) is 60.4 Å². The smallest absolute Gasteiger partial charge is 0.311 e. The molecule has 0 unspecified atom stereocenters. The van der Waals surface area contributed by atoms with Crippen molar-refractivity contribution in [3.63, 3.8) is 0 Å². The summed E-state index contributed by atoms with van der Waals surface area (Å²) in [4.78, 5) is 26.5. The van der Waals surface area contributed by atoms with Gasteiger partial charge in [-0.05, 0) is 61.6 Å². The van der Waals surface area contributed by atoms with Gasteiger partial charge in [-0.3, -0.25) is 9.59 Å². The van der Waals surface area contributed by atoms with Crippen LogP contribution in [-0.2, 0) is 22.5 Å². The van der Waals surface area contributed by atoms with Crippen molar-refractivity contribution in [1.29, 1.82) is 0 Å². The molecule has 3 rings (SSSR count). The van der Waals surface area contributed by atoms with Gasteiger partial charge in [-0.15, -0.1) is 0 Å². The van der Waals surface area contributed by atoms with Gasteiger partial charge in [-0.1, -0.05) is 51.4 Å². The normalized spacial score (nSPS) is 12.1. The van der Waals surface area contributed by atoms with E-state index >= 15 is 0 Å². The van der Waals surface area contributed by atoms with Gasteiger partial charge in [0.25, 0.3) is 0 Å². The third-order valence-corrected chi connectivity index (χ3v) is 6.34. The number of ether oxygens (including phenoxy) is 1. The van der Waals surface area contributed by atoms with Crippen LogP contribution in [0.4, 0.5) is 0 Å².